The van der Waals surface area contributed by atoms with Crippen LogP contribution >= 0.6 is 22.9 Å². The molecule has 2 aromatic rings. The second-order valence-electron chi connectivity index (χ2n) is 4.89. The summed E-state index contributed by atoms with van der Waals surface area (Å²) in [5.41, 5.74) is 0.985. The Morgan fingerprint density at radius 3 is 2.95 bits per heavy atom. The van der Waals surface area contributed by atoms with E-state index in [1.807, 2.05) is 43.3 Å². The van der Waals surface area contributed by atoms with E-state index >= 15 is 0 Å². The largest absolute Gasteiger partial charge is 0.491 e. The van der Waals surface area contributed by atoms with E-state index in [-0.39, 0.29) is 17.1 Å². The number of rotatable bonds is 3. The van der Waals surface area contributed by atoms with Gasteiger partial charge in [-0.15, -0.1) is 0 Å². The van der Waals surface area contributed by atoms with Crippen LogP contribution in [0.15, 0.2) is 24.3 Å². The smallest absolute Gasteiger partial charge is 0.265 e. The van der Waals surface area contributed by atoms with Crippen LogP contribution in [0.25, 0.3) is 0 Å². The summed E-state index contributed by atoms with van der Waals surface area (Å²) in [6.07, 6.45) is 0. The van der Waals surface area contributed by atoms with E-state index in [9.17, 15) is 4.79 Å². The molecule has 3 rings (SSSR count). The highest BCUT2D eigenvalue weighted by Crippen LogP contribution is 2.33. The van der Waals surface area contributed by atoms with Gasteiger partial charge in [0.15, 0.2) is 10.3 Å². The molecule has 2 heterocycles. The van der Waals surface area contributed by atoms with Crippen LogP contribution in [0, 0.1) is 0 Å². The van der Waals surface area contributed by atoms with Crippen molar-refractivity contribution in [1.82, 2.24) is 10.3 Å². The number of nitrogens with one attached hydrogen (secondary N) is 1. The number of thiazole rings is 1. The normalized spacial score (nSPS) is 16.2. The van der Waals surface area contributed by atoms with E-state index < -0.39 is 0 Å². The zero-order valence-electron chi connectivity index (χ0n) is 11.6. The monoisotopic (exact) mass is 323 g/mol. The van der Waals surface area contributed by atoms with E-state index in [0.29, 0.717) is 16.6 Å². The van der Waals surface area contributed by atoms with Gasteiger partial charge in [0.25, 0.3) is 5.91 Å². The SMILES string of the molecule is CN(C)c1nc(Cl)c(C(=O)N[C@@H]2COc3ccccc32)s1. The molecule has 1 aliphatic rings. The lowest BCUT2D eigenvalue weighted by atomic mass is 10.1. The predicted octanol–water partition coefficient (Wildman–Crippen LogP) is 2.73. The highest BCUT2D eigenvalue weighted by Gasteiger charge is 2.27. The molecule has 0 saturated heterocycles. The lowest BCUT2D eigenvalue weighted by Crippen LogP contribution is -2.29. The molecule has 0 spiro atoms. The maximum Gasteiger partial charge on any atom is 0.265 e. The fourth-order valence-electron chi connectivity index (χ4n) is 2.13. The number of ether oxygens (including phenoxy) is 1. The van der Waals surface area contributed by atoms with Crippen LogP contribution in [0.5, 0.6) is 5.75 Å². The van der Waals surface area contributed by atoms with Crippen molar-refractivity contribution in [2.24, 2.45) is 0 Å². The summed E-state index contributed by atoms with van der Waals surface area (Å²) < 4.78 is 5.55. The summed E-state index contributed by atoms with van der Waals surface area (Å²) in [7, 11) is 3.72. The Kier molecular flexibility index (Phi) is 3.73. The fraction of sp³-hybridized carbons (Fsp3) is 0.286. The van der Waals surface area contributed by atoms with Crippen LogP contribution in [0.2, 0.25) is 5.15 Å². The van der Waals surface area contributed by atoms with Gasteiger partial charge < -0.3 is 15.0 Å². The van der Waals surface area contributed by atoms with Crippen LogP contribution in [0.1, 0.15) is 21.3 Å². The molecule has 0 unspecified atom stereocenters. The first-order valence-corrected chi connectivity index (χ1v) is 7.62. The van der Waals surface area contributed by atoms with Crippen molar-refractivity contribution in [2.75, 3.05) is 25.6 Å². The summed E-state index contributed by atoms with van der Waals surface area (Å²) in [5, 5.41) is 3.88. The Hall–Kier alpha value is -1.79. The molecular formula is C14H14ClN3O2S. The standard InChI is InChI=1S/C14H14ClN3O2S/c1-18(2)14-17-12(15)11(21-14)13(19)16-9-7-20-10-6-4-3-5-8(9)10/h3-6,9H,7H2,1-2H3,(H,16,19)/t9-/m1/s1. The molecule has 1 N–H and O–H groups in total. The lowest BCUT2D eigenvalue weighted by molar-refractivity contribution is 0.0934. The summed E-state index contributed by atoms with van der Waals surface area (Å²) >= 11 is 7.32. The summed E-state index contributed by atoms with van der Waals surface area (Å²) in [4.78, 5) is 18.8. The van der Waals surface area contributed by atoms with Crippen molar-refractivity contribution in [3.05, 3.63) is 39.9 Å². The molecule has 0 aliphatic carbocycles. The minimum atomic E-state index is -0.226. The van der Waals surface area contributed by atoms with Crippen LogP contribution in [-0.4, -0.2) is 31.6 Å². The predicted molar refractivity (Wildman–Crippen MR) is 83.6 cm³/mol. The van der Waals surface area contributed by atoms with E-state index in [1.54, 1.807) is 0 Å². The van der Waals surface area contributed by atoms with Crippen molar-refractivity contribution < 1.29 is 9.53 Å². The van der Waals surface area contributed by atoms with Gasteiger partial charge in [0.2, 0.25) is 0 Å². The van der Waals surface area contributed by atoms with Gasteiger partial charge in [-0.05, 0) is 6.07 Å². The molecule has 1 aromatic heterocycles. The Morgan fingerprint density at radius 1 is 1.48 bits per heavy atom. The Labute approximate surface area is 131 Å². The highest BCUT2D eigenvalue weighted by molar-refractivity contribution is 7.18. The molecule has 0 radical (unpaired) electrons. The van der Waals surface area contributed by atoms with Gasteiger partial charge in [-0.3, -0.25) is 4.79 Å². The average molecular weight is 324 g/mol. The second-order valence-corrected chi connectivity index (χ2v) is 6.22. The first-order valence-electron chi connectivity index (χ1n) is 6.42. The summed E-state index contributed by atoms with van der Waals surface area (Å²) in [6.45, 7) is 0.433. The Bertz CT molecular complexity index is 687. The Balaban J connectivity index is 1.79. The average Bonchev–Trinajstić information content (AvgIpc) is 3.03. The van der Waals surface area contributed by atoms with Gasteiger partial charge in [0.05, 0.1) is 6.04 Å². The maximum absolute atomic E-state index is 12.4. The van der Waals surface area contributed by atoms with Gasteiger partial charge in [-0.2, -0.15) is 0 Å². The number of anilines is 1. The number of hydrogen-bond donors (Lipinski definition) is 1. The number of halogens is 1. The molecule has 21 heavy (non-hydrogen) atoms. The molecule has 5 nitrogen and oxygen atoms in total. The molecule has 7 heteroatoms. The molecule has 0 bridgehead atoms. The van der Waals surface area contributed by atoms with Crippen LogP contribution in [-0.2, 0) is 0 Å². The number of fused-ring (bicyclic) bond motifs is 1. The number of aromatic nitrogens is 1. The van der Waals surface area contributed by atoms with Gasteiger partial charge >= 0.3 is 0 Å². The van der Waals surface area contributed by atoms with Crippen LogP contribution in [0.4, 0.5) is 5.13 Å². The minimum absolute atomic E-state index is 0.158. The second kappa shape index (κ2) is 5.54. The van der Waals surface area contributed by atoms with Crippen molar-refractivity contribution in [3.63, 3.8) is 0 Å². The van der Waals surface area contributed by atoms with E-state index in [0.717, 1.165) is 11.3 Å². The number of amides is 1. The quantitative estimate of drug-likeness (QED) is 0.943. The third-order valence-electron chi connectivity index (χ3n) is 3.17. The van der Waals surface area contributed by atoms with E-state index in [1.165, 1.54) is 11.3 Å². The van der Waals surface area contributed by atoms with Crippen molar-refractivity contribution in [2.45, 2.75) is 6.04 Å². The summed E-state index contributed by atoms with van der Waals surface area (Å²) in [5.74, 6) is 0.586. The topological polar surface area (TPSA) is 54.5 Å². The molecule has 1 aliphatic heterocycles. The maximum atomic E-state index is 12.4. The van der Waals surface area contributed by atoms with Crippen molar-refractivity contribution in [3.8, 4) is 5.75 Å². The molecule has 0 saturated carbocycles. The first-order chi connectivity index (χ1) is 10.1. The highest BCUT2D eigenvalue weighted by atomic mass is 35.5. The zero-order chi connectivity index (χ0) is 15.0. The minimum Gasteiger partial charge on any atom is -0.491 e. The molecule has 1 amide bonds. The van der Waals surface area contributed by atoms with Gasteiger partial charge in [0, 0.05) is 19.7 Å². The third kappa shape index (κ3) is 2.69. The number of carbonyl (C=O) groups excluding carboxylic acids is 1. The van der Waals surface area contributed by atoms with Gasteiger partial charge in [-0.25, -0.2) is 4.98 Å². The van der Waals surface area contributed by atoms with Crippen molar-refractivity contribution in [1.29, 1.82) is 0 Å². The van der Waals surface area contributed by atoms with Crippen LogP contribution < -0.4 is 15.0 Å². The third-order valence-corrected chi connectivity index (χ3v) is 4.78. The number of carbonyl (C=O) groups is 1. The van der Waals surface area contributed by atoms with E-state index in [2.05, 4.69) is 10.3 Å². The molecule has 1 atom stereocenters. The Morgan fingerprint density at radius 2 is 2.24 bits per heavy atom. The van der Waals surface area contributed by atoms with Crippen molar-refractivity contribution >= 4 is 34.0 Å². The molecule has 0 fully saturated rings. The number of nitrogens with zero attached hydrogens (tertiary/aromatic N) is 2. The van der Waals surface area contributed by atoms with E-state index in [4.69, 9.17) is 16.3 Å². The molecule has 1 aromatic carbocycles. The number of para-hydroxylation sites is 1. The zero-order valence-corrected chi connectivity index (χ0v) is 13.2. The fourth-order valence-corrected chi connectivity index (χ4v) is 3.24. The molecular weight excluding hydrogens is 310 g/mol. The van der Waals surface area contributed by atoms with Gasteiger partial charge in [0.1, 0.15) is 17.2 Å². The number of hydrogen-bond acceptors (Lipinski definition) is 5. The number of benzene rings is 1. The van der Waals surface area contributed by atoms with Crippen LogP contribution in [0.3, 0.4) is 0 Å². The molecule has 110 valence electrons. The lowest BCUT2D eigenvalue weighted by Gasteiger charge is -2.10. The summed E-state index contributed by atoms with van der Waals surface area (Å²) in [6, 6.07) is 7.52. The van der Waals surface area contributed by atoms with Gasteiger partial charge in [-0.1, -0.05) is 41.1 Å². The first kappa shape index (κ1) is 14.2.